The van der Waals surface area contributed by atoms with Crippen LogP contribution >= 0.6 is 0 Å². The summed E-state index contributed by atoms with van der Waals surface area (Å²) in [6.07, 6.45) is 1.44. The molecule has 1 saturated carbocycles. The first-order valence-electron chi connectivity index (χ1n) is 9.55. The van der Waals surface area contributed by atoms with Gasteiger partial charge in [-0.15, -0.1) is 0 Å². The quantitative estimate of drug-likeness (QED) is 0.654. The number of aryl methyl sites for hydroxylation is 1. The summed E-state index contributed by atoms with van der Waals surface area (Å²) in [5.41, 5.74) is 1.92. The van der Waals surface area contributed by atoms with E-state index in [2.05, 4.69) is 10.6 Å². The molecule has 1 aliphatic rings. The lowest BCUT2D eigenvalue weighted by Gasteiger charge is -2.10. The van der Waals surface area contributed by atoms with Gasteiger partial charge in [-0.05, 0) is 48.7 Å². The number of hydrogen-bond donors (Lipinski definition) is 2. The number of nitrogens with one attached hydrogen (secondary N) is 2. The van der Waals surface area contributed by atoms with Gasteiger partial charge in [0, 0.05) is 5.69 Å². The van der Waals surface area contributed by atoms with Crippen molar-refractivity contribution in [1.82, 2.24) is 5.32 Å². The zero-order valence-electron chi connectivity index (χ0n) is 16.2. The number of carbonyl (C=O) groups is 2. The Morgan fingerprint density at radius 1 is 1.00 bits per heavy atom. The standard InChI is InChI=1S/C22H26N2O4/c1-3-15-6-4-5-7-20(15)24-22(26)19-14-18(19)21(25)23-12-13-28-17-10-8-16(27-2)9-11-17/h4-11,18-19H,3,12-14H2,1-2H3,(H,23,25)(H,24,26). The molecule has 0 aliphatic heterocycles. The zero-order chi connectivity index (χ0) is 19.9. The molecule has 0 bridgehead atoms. The molecule has 0 heterocycles. The Balaban J connectivity index is 1.38. The smallest absolute Gasteiger partial charge is 0.228 e. The fourth-order valence-electron chi connectivity index (χ4n) is 3.10. The molecule has 2 N–H and O–H groups in total. The van der Waals surface area contributed by atoms with Crippen LogP contribution in [0, 0.1) is 11.8 Å². The van der Waals surface area contributed by atoms with Crippen LogP contribution in [0.3, 0.4) is 0 Å². The molecular formula is C22H26N2O4. The first-order valence-corrected chi connectivity index (χ1v) is 9.55. The fraction of sp³-hybridized carbons (Fsp3) is 0.364. The van der Waals surface area contributed by atoms with E-state index in [1.165, 1.54) is 0 Å². The Bertz CT molecular complexity index is 820. The van der Waals surface area contributed by atoms with Crippen LogP contribution in [-0.4, -0.2) is 32.1 Å². The van der Waals surface area contributed by atoms with Gasteiger partial charge in [0.15, 0.2) is 0 Å². The number of benzene rings is 2. The van der Waals surface area contributed by atoms with E-state index in [1.54, 1.807) is 7.11 Å². The number of ether oxygens (including phenoxy) is 2. The predicted molar refractivity (Wildman–Crippen MR) is 108 cm³/mol. The van der Waals surface area contributed by atoms with Gasteiger partial charge in [0.1, 0.15) is 18.1 Å². The highest BCUT2D eigenvalue weighted by molar-refractivity contribution is 5.99. The van der Waals surface area contributed by atoms with Crippen molar-refractivity contribution in [2.75, 3.05) is 25.6 Å². The first kappa shape index (κ1) is 19.7. The molecule has 148 valence electrons. The van der Waals surface area contributed by atoms with Gasteiger partial charge in [0.05, 0.1) is 25.5 Å². The summed E-state index contributed by atoms with van der Waals surface area (Å²) < 4.78 is 10.7. The molecule has 0 spiro atoms. The molecule has 6 heteroatoms. The normalized spacial score (nSPS) is 17.5. The summed E-state index contributed by atoms with van der Waals surface area (Å²) in [6.45, 7) is 2.81. The molecule has 0 saturated heterocycles. The second kappa shape index (κ2) is 9.26. The van der Waals surface area contributed by atoms with Gasteiger partial charge in [-0.3, -0.25) is 9.59 Å². The molecule has 1 fully saturated rings. The van der Waals surface area contributed by atoms with Crippen LogP contribution in [0.15, 0.2) is 48.5 Å². The molecule has 0 radical (unpaired) electrons. The van der Waals surface area contributed by atoms with Gasteiger partial charge < -0.3 is 20.1 Å². The van der Waals surface area contributed by atoms with Crippen molar-refractivity contribution in [2.24, 2.45) is 11.8 Å². The number of methoxy groups -OCH3 is 1. The summed E-state index contributed by atoms with van der Waals surface area (Å²) in [6, 6.07) is 15.0. The lowest BCUT2D eigenvalue weighted by molar-refractivity contribution is -0.125. The Kier molecular flexibility index (Phi) is 6.53. The van der Waals surface area contributed by atoms with Crippen LogP contribution in [0.4, 0.5) is 5.69 Å². The molecule has 3 rings (SSSR count). The number of para-hydroxylation sites is 1. The number of carbonyl (C=O) groups excluding carboxylic acids is 2. The largest absolute Gasteiger partial charge is 0.497 e. The summed E-state index contributed by atoms with van der Waals surface area (Å²) >= 11 is 0. The minimum absolute atomic E-state index is 0.0875. The highest BCUT2D eigenvalue weighted by atomic mass is 16.5. The number of amides is 2. The SMILES string of the molecule is CCc1ccccc1NC(=O)C1CC1C(=O)NCCOc1ccc(OC)cc1. The average Bonchev–Trinajstić information content (AvgIpc) is 3.53. The Morgan fingerprint density at radius 2 is 1.68 bits per heavy atom. The number of rotatable bonds is 9. The minimum atomic E-state index is -0.257. The van der Waals surface area contributed by atoms with Crippen molar-refractivity contribution in [3.8, 4) is 11.5 Å². The van der Waals surface area contributed by atoms with E-state index < -0.39 is 0 Å². The minimum Gasteiger partial charge on any atom is -0.497 e. The van der Waals surface area contributed by atoms with Crippen LogP contribution in [-0.2, 0) is 16.0 Å². The maximum Gasteiger partial charge on any atom is 0.228 e. The maximum atomic E-state index is 12.4. The third-order valence-electron chi connectivity index (χ3n) is 4.85. The van der Waals surface area contributed by atoms with Crippen molar-refractivity contribution in [1.29, 1.82) is 0 Å². The Hall–Kier alpha value is -3.02. The van der Waals surface area contributed by atoms with E-state index in [9.17, 15) is 9.59 Å². The summed E-state index contributed by atoms with van der Waals surface area (Å²) in [7, 11) is 1.61. The molecule has 2 aromatic carbocycles. The highest BCUT2D eigenvalue weighted by Gasteiger charge is 2.47. The van der Waals surface area contributed by atoms with Crippen molar-refractivity contribution in [3.63, 3.8) is 0 Å². The van der Waals surface area contributed by atoms with Crippen LogP contribution in [0.25, 0.3) is 0 Å². The van der Waals surface area contributed by atoms with E-state index in [-0.39, 0.29) is 23.7 Å². The van der Waals surface area contributed by atoms with E-state index >= 15 is 0 Å². The molecule has 6 nitrogen and oxygen atoms in total. The zero-order valence-corrected chi connectivity index (χ0v) is 16.2. The van der Waals surface area contributed by atoms with Crippen LogP contribution in [0.5, 0.6) is 11.5 Å². The molecule has 2 unspecified atom stereocenters. The molecule has 1 aliphatic carbocycles. The van der Waals surface area contributed by atoms with Crippen molar-refractivity contribution in [2.45, 2.75) is 19.8 Å². The molecule has 0 aromatic heterocycles. The molecule has 28 heavy (non-hydrogen) atoms. The average molecular weight is 382 g/mol. The number of hydrogen-bond acceptors (Lipinski definition) is 4. The van der Waals surface area contributed by atoms with Gasteiger partial charge >= 0.3 is 0 Å². The second-order valence-electron chi connectivity index (χ2n) is 6.76. The van der Waals surface area contributed by atoms with Crippen molar-refractivity contribution < 1.29 is 19.1 Å². The predicted octanol–water partition coefficient (Wildman–Crippen LogP) is 3.03. The van der Waals surface area contributed by atoms with Crippen molar-refractivity contribution >= 4 is 17.5 Å². The lowest BCUT2D eigenvalue weighted by atomic mass is 10.1. The van der Waals surface area contributed by atoms with Gasteiger partial charge in [-0.1, -0.05) is 25.1 Å². The van der Waals surface area contributed by atoms with Crippen LogP contribution < -0.4 is 20.1 Å². The van der Waals surface area contributed by atoms with Gasteiger partial charge in [0.2, 0.25) is 11.8 Å². The second-order valence-corrected chi connectivity index (χ2v) is 6.76. The highest BCUT2D eigenvalue weighted by Crippen LogP contribution is 2.39. The van der Waals surface area contributed by atoms with E-state index in [0.717, 1.165) is 23.4 Å². The monoisotopic (exact) mass is 382 g/mol. The van der Waals surface area contributed by atoms with E-state index in [1.807, 2.05) is 55.5 Å². The molecule has 2 amide bonds. The third kappa shape index (κ3) is 5.03. The van der Waals surface area contributed by atoms with E-state index in [0.29, 0.717) is 25.3 Å². The molecular weight excluding hydrogens is 356 g/mol. The topological polar surface area (TPSA) is 76.7 Å². The Morgan fingerprint density at radius 3 is 2.39 bits per heavy atom. The van der Waals surface area contributed by atoms with E-state index in [4.69, 9.17) is 9.47 Å². The van der Waals surface area contributed by atoms with Gasteiger partial charge in [0.25, 0.3) is 0 Å². The first-order chi connectivity index (χ1) is 13.6. The van der Waals surface area contributed by atoms with Crippen LogP contribution in [0.2, 0.25) is 0 Å². The Labute approximate surface area is 165 Å². The summed E-state index contributed by atoms with van der Waals surface area (Å²) in [5, 5.41) is 5.79. The number of anilines is 1. The van der Waals surface area contributed by atoms with Gasteiger partial charge in [-0.25, -0.2) is 0 Å². The van der Waals surface area contributed by atoms with Gasteiger partial charge in [-0.2, -0.15) is 0 Å². The lowest BCUT2D eigenvalue weighted by Crippen LogP contribution is -2.31. The molecule has 2 aromatic rings. The summed E-state index contributed by atoms with van der Waals surface area (Å²) in [4.78, 5) is 24.6. The van der Waals surface area contributed by atoms with Crippen molar-refractivity contribution in [3.05, 3.63) is 54.1 Å². The van der Waals surface area contributed by atoms with Crippen LogP contribution in [0.1, 0.15) is 18.9 Å². The fourth-order valence-corrected chi connectivity index (χ4v) is 3.10. The maximum absolute atomic E-state index is 12.4. The third-order valence-corrected chi connectivity index (χ3v) is 4.85. The molecule has 2 atom stereocenters. The summed E-state index contributed by atoms with van der Waals surface area (Å²) in [5.74, 6) is 0.786.